The molecule has 0 spiro atoms. The first kappa shape index (κ1) is 12.2. The molecule has 0 radical (unpaired) electrons. The van der Waals surface area contributed by atoms with Gasteiger partial charge in [0.15, 0.2) is 0 Å². The van der Waals surface area contributed by atoms with Crippen LogP contribution in [-0.2, 0) is 10.2 Å². The Morgan fingerprint density at radius 2 is 1.95 bits per heavy atom. The van der Waals surface area contributed by atoms with Crippen molar-refractivity contribution in [1.29, 1.82) is 0 Å². The summed E-state index contributed by atoms with van der Waals surface area (Å²) in [5.74, 6) is -0.159. The number of ether oxygens (including phenoxy) is 2. The minimum absolute atomic E-state index is 0.240. The quantitative estimate of drug-likeness (QED) is 0.867. The van der Waals surface area contributed by atoms with Crippen LogP contribution in [0.4, 0.5) is 0 Å². The van der Waals surface area contributed by atoms with E-state index >= 15 is 0 Å². The standard InChI is InChI=1S/C13H16N2O4/c1-18-10-8(13(5-6-13)11(16)17)9(7-3-4-7)14-12(15-10)19-2/h7H,3-6H2,1-2H3,(H,16,17). The summed E-state index contributed by atoms with van der Waals surface area (Å²) in [5, 5.41) is 9.49. The smallest absolute Gasteiger partial charge is 0.319 e. The largest absolute Gasteiger partial charge is 0.481 e. The third kappa shape index (κ3) is 1.82. The zero-order chi connectivity index (χ0) is 13.6. The van der Waals surface area contributed by atoms with Gasteiger partial charge in [-0.15, -0.1) is 0 Å². The summed E-state index contributed by atoms with van der Waals surface area (Å²) < 4.78 is 10.4. The maximum absolute atomic E-state index is 11.6. The molecule has 1 N–H and O–H groups in total. The van der Waals surface area contributed by atoms with Gasteiger partial charge in [0.2, 0.25) is 5.88 Å². The predicted molar refractivity (Wildman–Crippen MR) is 65.7 cm³/mol. The molecular formula is C13H16N2O4. The molecule has 0 saturated heterocycles. The van der Waals surface area contributed by atoms with Crippen molar-refractivity contribution in [3.63, 3.8) is 0 Å². The molecule has 3 rings (SSSR count). The fraction of sp³-hybridized carbons (Fsp3) is 0.615. The second-order valence-corrected chi connectivity index (χ2v) is 5.14. The van der Waals surface area contributed by atoms with Crippen LogP contribution in [0.5, 0.6) is 11.9 Å². The summed E-state index contributed by atoms with van der Waals surface area (Å²) >= 11 is 0. The molecule has 2 aliphatic rings. The van der Waals surface area contributed by atoms with E-state index in [0.29, 0.717) is 30.2 Å². The Bertz CT molecular complexity index is 536. The Labute approximate surface area is 110 Å². The maximum atomic E-state index is 11.6. The summed E-state index contributed by atoms with van der Waals surface area (Å²) in [6, 6.07) is 0.240. The van der Waals surface area contributed by atoms with E-state index in [1.165, 1.54) is 14.2 Å². The first-order valence-electron chi connectivity index (χ1n) is 6.36. The number of hydrogen-bond acceptors (Lipinski definition) is 5. The van der Waals surface area contributed by atoms with E-state index in [9.17, 15) is 9.90 Å². The molecule has 1 heterocycles. The van der Waals surface area contributed by atoms with Crippen molar-refractivity contribution >= 4 is 5.97 Å². The number of carboxylic acids is 1. The first-order chi connectivity index (χ1) is 9.12. The Balaban J connectivity index is 2.18. The van der Waals surface area contributed by atoms with E-state index < -0.39 is 11.4 Å². The third-order valence-electron chi connectivity index (χ3n) is 3.86. The predicted octanol–water partition coefficient (Wildman–Crippen LogP) is 1.49. The average molecular weight is 264 g/mol. The Morgan fingerprint density at radius 1 is 1.26 bits per heavy atom. The highest BCUT2D eigenvalue weighted by Crippen LogP contribution is 2.56. The van der Waals surface area contributed by atoms with Gasteiger partial charge in [0.1, 0.15) is 0 Å². The lowest BCUT2D eigenvalue weighted by atomic mass is 9.93. The van der Waals surface area contributed by atoms with Crippen LogP contribution in [-0.4, -0.2) is 35.3 Å². The molecule has 2 fully saturated rings. The van der Waals surface area contributed by atoms with Crippen LogP contribution in [0.25, 0.3) is 0 Å². The molecule has 102 valence electrons. The summed E-state index contributed by atoms with van der Waals surface area (Å²) in [7, 11) is 3.00. The van der Waals surface area contributed by atoms with Gasteiger partial charge >= 0.3 is 12.0 Å². The molecule has 2 saturated carbocycles. The number of carbonyl (C=O) groups is 1. The van der Waals surface area contributed by atoms with Crippen molar-refractivity contribution in [3.8, 4) is 11.9 Å². The van der Waals surface area contributed by atoms with E-state index in [2.05, 4.69) is 9.97 Å². The van der Waals surface area contributed by atoms with Gasteiger partial charge in [0.05, 0.1) is 30.9 Å². The number of nitrogens with zero attached hydrogens (tertiary/aromatic N) is 2. The Morgan fingerprint density at radius 3 is 2.37 bits per heavy atom. The molecule has 0 atom stereocenters. The third-order valence-corrected chi connectivity index (χ3v) is 3.86. The molecule has 1 aromatic heterocycles. The second kappa shape index (κ2) is 4.08. The molecule has 0 amide bonds. The first-order valence-corrected chi connectivity index (χ1v) is 6.36. The molecule has 0 unspecified atom stereocenters. The molecule has 0 aromatic carbocycles. The monoisotopic (exact) mass is 264 g/mol. The van der Waals surface area contributed by atoms with Crippen LogP contribution in [0.1, 0.15) is 42.9 Å². The molecule has 19 heavy (non-hydrogen) atoms. The number of aromatic nitrogens is 2. The van der Waals surface area contributed by atoms with Crippen molar-refractivity contribution < 1.29 is 19.4 Å². The lowest BCUT2D eigenvalue weighted by molar-refractivity contribution is -0.140. The molecule has 0 bridgehead atoms. The lowest BCUT2D eigenvalue weighted by Crippen LogP contribution is -2.23. The summed E-state index contributed by atoms with van der Waals surface area (Å²) in [6.07, 6.45) is 3.31. The van der Waals surface area contributed by atoms with Gasteiger partial charge in [-0.25, -0.2) is 0 Å². The van der Waals surface area contributed by atoms with Gasteiger partial charge in [-0.05, 0) is 25.7 Å². The summed E-state index contributed by atoms with van der Waals surface area (Å²) in [4.78, 5) is 20.1. The van der Waals surface area contributed by atoms with E-state index in [1.54, 1.807) is 0 Å². The normalized spacial score (nSPS) is 19.9. The van der Waals surface area contributed by atoms with Crippen molar-refractivity contribution in [2.75, 3.05) is 14.2 Å². The second-order valence-electron chi connectivity index (χ2n) is 5.14. The topological polar surface area (TPSA) is 81.5 Å². The molecule has 6 heteroatoms. The molecule has 1 aromatic rings. The number of hydrogen-bond donors (Lipinski definition) is 1. The van der Waals surface area contributed by atoms with Gasteiger partial charge in [0.25, 0.3) is 0 Å². The van der Waals surface area contributed by atoms with E-state index in [0.717, 1.165) is 18.5 Å². The van der Waals surface area contributed by atoms with Crippen molar-refractivity contribution in [1.82, 2.24) is 9.97 Å². The average Bonchev–Trinajstić information content (AvgIpc) is 3.29. The van der Waals surface area contributed by atoms with Crippen LogP contribution in [0.2, 0.25) is 0 Å². The van der Waals surface area contributed by atoms with E-state index in [-0.39, 0.29) is 6.01 Å². The highest BCUT2D eigenvalue weighted by molar-refractivity contribution is 5.86. The summed E-state index contributed by atoms with van der Waals surface area (Å²) in [6.45, 7) is 0. The van der Waals surface area contributed by atoms with E-state index in [4.69, 9.17) is 9.47 Å². The zero-order valence-electron chi connectivity index (χ0n) is 11.0. The highest BCUT2D eigenvalue weighted by Gasteiger charge is 2.56. The van der Waals surface area contributed by atoms with Gasteiger partial charge in [-0.1, -0.05) is 0 Å². The number of carboxylic acid groups (broad SMARTS) is 1. The lowest BCUT2D eigenvalue weighted by Gasteiger charge is -2.18. The van der Waals surface area contributed by atoms with Crippen molar-refractivity contribution in [2.24, 2.45) is 0 Å². The molecular weight excluding hydrogens is 248 g/mol. The number of methoxy groups -OCH3 is 2. The van der Waals surface area contributed by atoms with E-state index in [1.807, 2.05) is 0 Å². The Kier molecular flexibility index (Phi) is 2.62. The fourth-order valence-corrected chi connectivity index (χ4v) is 2.47. The number of aliphatic carboxylic acids is 1. The SMILES string of the molecule is COc1nc(OC)c(C2(C(=O)O)CC2)c(C2CC2)n1. The minimum Gasteiger partial charge on any atom is -0.481 e. The van der Waals surface area contributed by atoms with Crippen LogP contribution in [0.15, 0.2) is 0 Å². The number of rotatable bonds is 5. The maximum Gasteiger partial charge on any atom is 0.319 e. The van der Waals surface area contributed by atoms with Crippen molar-refractivity contribution in [3.05, 3.63) is 11.3 Å². The molecule has 0 aliphatic heterocycles. The van der Waals surface area contributed by atoms with Crippen molar-refractivity contribution in [2.45, 2.75) is 37.0 Å². The molecule has 2 aliphatic carbocycles. The van der Waals surface area contributed by atoms with Crippen LogP contribution in [0.3, 0.4) is 0 Å². The van der Waals surface area contributed by atoms with Crippen LogP contribution in [0, 0.1) is 0 Å². The molecule has 6 nitrogen and oxygen atoms in total. The zero-order valence-corrected chi connectivity index (χ0v) is 11.0. The van der Waals surface area contributed by atoms with Gasteiger partial charge in [-0.2, -0.15) is 9.97 Å². The highest BCUT2D eigenvalue weighted by atomic mass is 16.5. The minimum atomic E-state index is -0.852. The van der Waals surface area contributed by atoms with Crippen LogP contribution >= 0.6 is 0 Å². The fourth-order valence-electron chi connectivity index (χ4n) is 2.47. The van der Waals surface area contributed by atoms with Gasteiger partial charge < -0.3 is 14.6 Å². The van der Waals surface area contributed by atoms with Crippen LogP contribution < -0.4 is 9.47 Å². The summed E-state index contributed by atoms with van der Waals surface area (Å²) in [5.41, 5.74) is 0.601. The Hall–Kier alpha value is -1.85. The van der Waals surface area contributed by atoms with Gasteiger partial charge in [-0.3, -0.25) is 4.79 Å². The van der Waals surface area contributed by atoms with Gasteiger partial charge in [0, 0.05) is 5.92 Å².